The molecule has 0 fully saturated rings. The van der Waals surface area contributed by atoms with Crippen molar-refractivity contribution in [3.8, 4) is 5.75 Å². The summed E-state index contributed by atoms with van der Waals surface area (Å²) in [4.78, 5) is 42.6. The lowest BCUT2D eigenvalue weighted by Crippen LogP contribution is -2.32. The Labute approximate surface area is 173 Å². The molecule has 0 radical (unpaired) electrons. The second-order valence-electron chi connectivity index (χ2n) is 6.91. The lowest BCUT2D eigenvalue weighted by atomic mass is 10.1. The third-order valence-corrected chi connectivity index (χ3v) is 4.72. The fourth-order valence-corrected chi connectivity index (χ4v) is 2.98. The standard InChI is InChI=1S/C22H23N3O5/c1-15-5-4-6-18-21(15)23-14-25(22(18)28)12-20(27)30-13-19(26)24(2)11-16-7-9-17(29-3)10-8-16/h4-10,14H,11-13H2,1-3H3. The fraction of sp³-hybridized carbons (Fsp3) is 0.273. The number of nitrogens with zero attached hydrogens (tertiary/aromatic N) is 3. The van der Waals surface area contributed by atoms with Crippen LogP contribution in [-0.4, -0.2) is 47.1 Å². The number of hydrogen-bond acceptors (Lipinski definition) is 6. The predicted octanol–water partition coefficient (Wildman–Crippen LogP) is 1.92. The lowest BCUT2D eigenvalue weighted by Gasteiger charge is -2.17. The molecule has 0 spiro atoms. The first kappa shape index (κ1) is 21.0. The number of methoxy groups -OCH3 is 1. The van der Waals surface area contributed by atoms with E-state index in [1.54, 1.807) is 26.3 Å². The third-order valence-electron chi connectivity index (χ3n) is 4.72. The first-order valence-corrected chi connectivity index (χ1v) is 9.36. The fourth-order valence-electron chi connectivity index (χ4n) is 2.98. The van der Waals surface area contributed by atoms with Gasteiger partial charge in [0.15, 0.2) is 6.61 Å². The molecule has 0 aliphatic carbocycles. The number of fused-ring (bicyclic) bond motifs is 1. The molecule has 0 aliphatic rings. The summed E-state index contributed by atoms with van der Waals surface area (Å²) in [5.74, 6) is -0.300. The second-order valence-corrected chi connectivity index (χ2v) is 6.91. The van der Waals surface area contributed by atoms with E-state index in [2.05, 4.69) is 4.98 Å². The topological polar surface area (TPSA) is 90.7 Å². The smallest absolute Gasteiger partial charge is 0.326 e. The van der Waals surface area contributed by atoms with Crippen LogP contribution in [0.5, 0.6) is 5.75 Å². The summed E-state index contributed by atoms with van der Waals surface area (Å²) in [6.07, 6.45) is 1.32. The zero-order valence-corrected chi connectivity index (χ0v) is 17.1. The van der Waals surface area contributed by atoms with E-state index < -0.39 is 12.6 Å². The van der Waals surface area contributed by atoms with Gasteiger partial charge in [-0.3, -0.25) is 19.0 Å². The first-order chi connectivity index (χ1) is 14.4. The van der Waals surface area contributed by atoms with Crippen LogP contribution in [-0.2, 0) is 27.4 Å². The van der Waals surface area contributed by atoms with Crippen molar-refractivity contribution in [2.75, 3.05) is 20.8 Å². The van der Waals surface area contributed by atoms with E-state index in [-0.39, 0.29) is 18.0 Å². The monoisotopic (exact) mass is 409 g/mol. The number of rotatable bonds is 7. The van der Waals surface area contributed by atoms with E-state index in [0.717, 1.165) is 16.9 Å². The maximum Gasteiger partial charge on any atom is 0.326 e. The summed E-state index contributed by atoms with van der Waals surface area (Å²) >= 11 is 0. The number of aryl methyl sites for hydroxylation is 1. The molecule has 0 atom stereocenters. The maximum atomic E-state index is 12.5. The number of benzene rings is 2. The molecule has 8 nitrogen and oxygen atoms in total. The summed E-state index contributed by atoms with van der Waals surface area (Å²) < 4.78 is 11.3. The molecule has 3 rings (SSSR count). The minimum atomic E-state index is -0.683. The molecule has 0 bridgehead atoms. The maximum absolute atomic E-state index is 12.5. The van der Waals surface area contributed by atoms with Gasteiger partial charge in [0.2, 0.25) is 0 Å². The summed E-state index contributed by atoms with van der Waals surface area (Å²) in [7, 11) is 3.21. The Morgan fingerprint density at radius 1 is 1.13 bits per heavy atom. The number of ether oxygens (including phenoxy) is 2. The van der Waals surface area contributed by atoms with Crippen molar-refractivity contribution in [2.45, 2.75) is 20.0 Å². The predicted molar refractivity (Wildman–Crippen MR) is 111 cm³/mol. The van der Waals surface area contributed by atoms with Crippen LogP contribution in [0.2, 0.25) is 0 Å². The Balaban J connectivity index is 1.56. The molecule has 1 heterocycles. The second kappa shape index (κ2) is 9.21. The van der Waals surface area contributed by atoms with Gasteiger partial charge in [0.05, 0.1) is 24.3 Å². The lowest BCUT2D eigenvalue weighted by molar-refractivity contribution is -0.152. The number of esters is 1. The molecule has 3 aromatic rings. The van der Waals surface area contributed by atoms with Gasteiger partial charge in [0.1, 0.15) is 12.3 Å². The third kappa shape index (κ3) is 4.83. The highest BCUT2D eigenvalue weighted by atomic mass is 16.5. The van der Waals surface area contributed by atoms with Crippen molar-refractivity contribution in [3.05, 3.63) is 70.3 Å². The normalized spacial score (nSPS) is 10.6. The van der Waals surface area contributed by atoms with Crippen LogP contribution < -0.4 is 10.3 Å². The van der Waals surface area contributed by atoms with Gasteiger partial charge in [-0.25, -0.2) is 4.98 Å². The Morgan fingerprint density at radius 2 is 1.87 bits per heavy atom. The van der Waals surface area contributed by atoms with Gasteiger partial charge < -0.3 is 14.4 Å². The van der Waals surface area contributed by atoms with Gasteiger partial charge in [-0.15, -0.1) is 0 Å². The van der Waals surface area contributed by atoms with Crippen molar-refractivity contribution in [3.63, 3.8) is 0 Å². The quantitative estimate of drug-likeness (QED) is 0.554. The van der Waals surface area contributed by atoms with E-state index in [1.807, 2.05) is 37.3 Å². The highest BCUT2D eigenvalue weighted by Crippen LogP contribution is 2.13. The molecular formula is C22H23N3O5. The van der Waals surface area contributed by atoms with Crippen molar-refractivity contribution in [1.82, 2.24) is 14.5 Å². The molecule has 30 heavy (non-hydrogen) atoms. The van der Waals surface area contributed by atoms with Crippen LogP contribution in [0.25, 0.3) is 10.9 Å². The molecule has 0 saturated heterocycles. The van der Waals surface area contributed by atoms with Gasteiger partial charge in [-0.05, 0) is 36.2 Å². The van der Waals surface area contributed by atoms with Crippen molar-refractivity contribution in [2.24, 2.45) is 0 Å². The summed E-state index contributed by atoms with van der Waals surface area (Å²) in [6.45, 7) is 1.51. The molecule has 8 heteroatoms. The van der Waals surface area contributed by atoms with E-state index in [1.165, 1.54) is 15.8 Å². The number of hydrogen-bond donors (Lipinski definition) is 0. The van der Waals surface area contributed by atoms with Crippen molar-refractivity contribution in [1.29, 1.82) is 0 Å². The van der Waals surface area contributed by atoms with Gasteiger partial charge in [-0.1, -0.05) is 24.3 Å². The van der Waals surface area contributed by atoms with Crippen LogP contribution in [0.1, 0.15) is 11.1 Å². The SMILES string of the molecule is COc1ccc(CN(C)C(=O)COC(=O)Cn2cnc3c(C)cccc3c2=O)cc1. The van der Waals surface area contributed by atoms with Crippen LogP contribution in [0.15, 0.2) is 53.6 Å². The zero-order chi connectivity index (χ0) is 21.7. The van der Waals surface area contributed by atoms with E-state index in [0.29, 0.717) is 17.4 Å². The minimum Gasteiger partial charge on any atom is -0.497 e. The molecule has 0 aliphatic heterocycles. The van der Waals surface area contributed by atoms with Crippen LogP contribution in [0.3, 0.4) is 0 Å². The van der Waals surface area contributed by atoms with Crippen molar-refractivity contribution < 1.29 is 19.1 Å². The Bertz CT molecular complexity index is 1120. The molecule has 0 unspecified atom stereocenters. The number of para-hydroxylation sites is 1. The number of carbonyl (C=O) groups is 2. The summed E-state index contributed by atoms with van der Waals surface area (Å²) in [6, 6.07) is 12.6. The van der Waals surface area contributed by atoms with Crippen molar-refractivity contribution >= 4 is 22.8 Å². The van der Waals surface area contributed by atoms with Gasteiger partial charge in [-0.2, -0.15) is 0 Å². The Morgan fingerprint density at radius 3 is 2.57 bits per heavy atom. The Kier molecular flexibility index (Phi) is 6.46. The summed E-state index contributed by atoms with van der Waals surface area (Å²) in [5.41, 5.74) is 2.07. The first-order valence-electron chi connectivity index (χ1n) is 9.36. The zero-order valence-electron chi connectivity index (χ0n) is 17.1. The molecular weight excluding hydrogens is 386 g/mol. The summed E-state index contributed by atoms with van der Waals surface area (Å²) in [5, 5.41) is 0.431. The van der Waals surface area contributed by atoms with Crippen LogP contribution >= 0.6 is 0 Å². The van der Waals surface area contributed by atoms with Gasteiger partial charge >= 0.3 is 5.97 Å². The number of carbonyl (C=O) groups excluding carboxylic acids is 2. The highest BCUT2D eigenvalue weighted by Gasteiger charge is 2.14. The minimum absolute atomic E-state index is 0.314. The largest absolute Gasteiger partial charge is 0.497 e. The van der Waals surface area contributed by atoms with E-state index >= 15 is 0 Å². The molecule has 156 valence electrons. The van der Waals surface area contributed by atoms with Crippen LogP contribution in [0.4, 0.5) is 0 Å². The average Bonchev–Trinajstić information content (AvgIpc) is 2.75. The number of amides is 1. The average molecular weight is 409 g/mol. The number of aromatic nitrogens is 2. The number of likely N-dealkylation sites (N-methyl/N-ethyl adjacent to an activating group) is 1. The molecule has 1 amide bonds. The van der Waals surface area contributed by atoms with Crippen LogP contribution in [0, 0.1) is 6.92 Å². The van der Waals surface area contributed by atoms with Gasteiger partial charge in [0.25, 0.3) is 11.5 Å². The molecule has 0 saturated carbocycles. The molecule has 2 aromatic carbocycles. The molecule has 1 aromatic heterocycles. The highest BCUT2D eigenvalue weighted by molar-refractivity contribution is 5.82. The van der Waals surface area contributed by atoms with Gasteiger partial charge in [0, 0.05) is 13.6 Å². The Hall–Kier alpha value is -3.68. The van der Waals surface area contributed by atoms with E-state index in [9.17, 15) is 14.4 Å². The molecule has 0 N–H and O–H groups in total. The van der Waals surface area contributed by atoms with E-state index in [4.69, 9.17) is 9.47 Å².